The lowest BCUT2D eigenvalue weighted by molar-refractivity contribution is 0.151. The minimum atomic E-state index is 0.300. The molecule has 2 aliphatic rings. The number of aromatic nitrogens is 2. The van der Waals surface area contributed by atoms with E-state index in [1.807, 2.05) is 6.20 Å². The molecule has 1 aromatic rings. The van der Waals surface area contributed by atoms with Gasteiger partial charge in [0.1, 0.15) is 0 Å². The summed E-state index contributed by atoms with van der Waals surface area (Å²) < 4.78 is 7.49. The van der Waals surface area contributed by atoms with E-state index in [1.54, 1.807) is 7.11 Å². The lowest BCUT2D eigenvalue weighted by Crippen LogP contribution is -2.46. The summed E-state index contributed by atoms with van der Waals surface area (Å²) in [5.41, 5.74) is 0.754. The molecule has 1 heterocycles. The Kier molecular flexibility index (Phi) is 3.55. The molecule has 4 unspecified atom stereocenters. The fourth-order valence-electron chi connectivity index (χ4n) is 4.89. The molecule has 4 heteroatoms. The summed E-state index contributed by atoms with van der Waals surface area (Å²) in [4.78, 5) is 4.56. The van der Waals surface area contributed by atoms with Crippen LogP contribution in [0.4, 0.5) is 5.95 Å². The molecule has 0 spiro atoms. The van der Waals surface area contributed by atoms with E-state index in [4.69, 9.17) is 4.74 Å². The topological polar surface area (TPSA) is 39.1 Å². The van der Waals surface area contributed by atoms with Crippen molar-refractivity contribution in [2.24, 2.45) is 16.7 Å². The number of hydrogen-bond acceptors (Lipinski definition) is 3. The van der Waals surface area contributed by atoms with Crippen molar-refractivity contribution in [3.63, 3.8) is 0 Å². The van der Waals surface area contributed by atoms with Gasteiger partial charge >= 0.3 is 0 Å². The van der Waals surface area contributed by atoms with Crippen molar-refractivity contribution in [3.8, 4) is 0 Å². The van der Waals surface area contributed by atoms with Crippen LogP contribution in [0.2, 0.25) is 0 Å². The number of fused-ring (bicyclic) bond motifs is 2. The van der Waals surface area contributed by atoms with Gasteiger partial charge in [-0.05, 0) is 42.9 Å². The molecule has 2 bridgehead atoms. The van der Waals surface area contributed by atoms with Gasteiger partial charge in [0, 0.05) is 25.5 Å². The second-order valence-electron chi connectivity index (χ2n) is 7.95. The standard InChI is InChI=1S/C17H29N3O/c1-12(11-21-5)20-9-8-18-15(20)19-14-16(2,3)13-6-7-17(14,4)10-13/h8-9,12-14H,6-7,10-11H2,1-5H3,(H,18,19). The molecular formula is C17H29N3O. The van der Waals surface area contributed by atoms with Crippen molar-refractivity contribution in [2.45, 2.75) is 59.0 Å². The molecule has 21 heavy (non-hydrogen) atoms. The van der Waals surface area contributed by atoms with E-state index in [-0.39, 0.29) is 0 Å². The number of ether oxygens (including phenoxy) is 1. The molecule has 4 atom stereocenters. The molecule has 2 aliphatic carbocycles. The largest absolute Gasteiger partial charge is 0.383 e. The Balaban J connectivity index is 1.83. The number of rotatable bonds is 5. The Bertz CT molecular complexity index is 505. The maximum absolute atomic E-state index is 5.29. The predicted molar refractivity (Wildman–Crippen MR) is 85.5 cm³/mol. The Morgan fingerprint density at radius 1 is 1.48 bits per heavy atom. The highest BCUT2D eigenvalue weighted by Crippen LogP contribution is 2.63. The monoisotopic (exact) mass is 291 g/mol. The summed E-state index contributed by atoms with van der Waals surface area (Å²) in [6.45, 7) is 10.2. The lowest BCUT2D eigenvalue weighted by Gasteiger charge is -2.43. The first-order chi connectivity index (χ1) is 9.88. The zero-order valence-electron chi connectivity index (χ0n) is 14.0. The molecule has 3 rings (SSSR count). The highest BCUT2D eigenvalue weighted by molar-refractivity contribution is 5.33. The highest BCUT2D eigenvalue weighted by Gasteiger charge is 2.59. The van der Waals surface area contributed by atoms with Crippen molar-refractivity contribution < 1.29 is 4.74 Å². The van der Waals surface area contributed by atoms with E-state index >= 15 is 0 Å². The van der Waals surface area contributed by atoms with Gasteiger partial charge in [-0.1, -0.05) is 20.8 Å². The van der Waals surface area contributed by atoms with Gasteiger partial charge in [0.2, 0.25) is 5.95 Å². The second-order valence-corrected chi connectivity index (χ2v) is 7.95. The summed E-state index contributed by atoms with van der Waals surface area (Å²) >= 11 is 0. The van der Waals surface area contributed by atoms with Gasteiger partial charge in [0.25, 0.3) is 0 Å². The van der Waals surface area contributed by atoms with Crippen LogP contribution in [0.15, 0.2) is 12.4 Å². The van der Waals surface area contributed by atoms with E-state index in [1.165, 1.54) is 19.3 Å². The van der Waals surface area contributed by atoms with Crippen LogP contribution in [-0.2, 0) is 4.74 Å². The minimum Gasteiger partial charge on any atom is -0.383 e. The minimum absolute atomic E-state index is 0.300. The Hall–Kier alpha value is -1.03. The van der Waals surface area contributed by atoms with Crippen LogP contribution >= 0.6 is 0 Å². The van der Waals surface area contributed by atoms with E-state index in [2.05, 4.69) is 48.8 Å². The summed E-state index contributed by atoms with van der Waals surface area (Å²) in [6.07, 6.45) is 8.01. The Labute approximate surface area is 128 Å². The van der Waals surface area contributed by atoms with Gasteiger partial charge in [-0.25, -0.2) is 4.98 Å². The molecule has 0 radical (unpaired) electrons. The molecule has 0 aromatic carbocycles. The molecule has 0 aliphatic heterocycles. The van der Waals surface area contributed by atoms with Gasteiger partial charge < -0.3 is 14.6 Å². The SMILES string of the molecule is COCC(C)n1ccnc1NC1C2(C)CCC(C2)C1(C)C. The number of nitrogens with zero attached hydrogens (tertiary/aromatic N) is 2. The van der Waals surface area contributed by atoms with Crippen LogP contribution in [0.25, 0.3) is 0 Å². The van der Waals surface area contributed by atoms with Crippen molar-refractivity contribution in [2.75, 3.05) is 19.0 Å². The molecule has 2 saturated carbocycles. The second kappa shape index (κ2) is 5.01. The number of nitrogens with one attached hydrogen (secondary N) is 1. The number of anilines is 1. The molecule has 1 aromatic heterocycles. The summed E-state index contributed by atoms with van der Waals surface area (Å²) in [6, 6.07) is 0.800. The number of methoxy groups -OCH3 is 1. The van der Waals surface area contributed by atoms with E-state index in [0.717, 1.165) is 11.9 Å². The normalized spacial score (nSPS) is 35.1. The van der Waals surface area contributed by atoms with Crippen LogP contribution < -0.4 is 5.32 Å². The first-order valence-corrected chi connectivity index (χ1v) is 8.17. The maximum atomic E-state index is 5.29. The summed E-state index contributed by atoms with van der Waals surface area (Å²) in [5, 5.41) is 3.79. The van der Waals surface area contributed by atoms with Crippen molar-refractivity contribution in [1.82, 2.24) is 9.55 Å². The van der Waals surface area contributed by atoms with Crippen molar-refractivity contribution in [1.29, 1.82) is 0 Å². The zero-order chi connectivity index (χ0) is 15.3. The quantitative estimate of drug-likeness (QED) is 0.898. The molecule has 118 valence electrons. The van der Waals surface area contributed by atoms with E-state index < -0.39 is 0 Å². The van der Waals surface area contributed by atoms with Crippen LogP contribution in [0, 0.1) is 16.7 Å². The third-order valence-corrected chi connectivity index (χ3v) is 6.09. The van der Waals surface area contributed by atoms with Crippen LogP contribution in [0.3, 0.4) is 0 Å². The average molecular weight is 291 g/mol. The third-order valence-electron chi connectivity index (χ3n) is 6.09. The molecular weight excluding hydrogens is 262 g/mol. The number of imidazole rings is 1. The number of hydrogen-bond donors (Lipinski definition) is 1. The highest BCUT2D eigenvalue weighted by atomic mass is 16.5. The Morgan fingerprint density at radius 2 is 2.24 bits per heavy atom. The lowest BCUT2D eigenvalue weighted by atomic mass is 9.68. The van der Waals surface area contributed by atoms with Gasteiger partial charge in [-0.15, -0.1) is 0 Å². The van der Waals surface area contributed by atoms with E-state index in [0.29, 0.717) is 29.5 Å². The molecule has 2 fully saturated rings. The van der Waals surface area contributed by atoms with Crippen molar-refractivity contribution >= 4 is 5.95 Å². The molecule has 1 N–H and O–H groups in total. The fourth-order valence-corrected chi connectivity index (χ4v) is 4.89. The molecule has 0 saturated heterocycles. The first-order valence-electron chi connectivity index (χ1n) is 8.17. The zero-order valence-corrected chi connectivity index (χ0v) is 14.0. The third kappa shape index (κ3) is 2.28. The smallest absolute Gasteiger partial charge is 0.203 e. The molecule has 0 amide bonds. The summed E-state index contributed by atoms with van der Waals surface area (Å²) in [7, 11) is 1.75. The van der Waals surface area contributed by atoms with Crippen molar-refractivity contribution in [3.05, 3.63) is 12.4 Å². The van der Waals surface area contributed by atoms with Gasteiger partial charge in [-0.2, -0.15) is 0 Å². The van der Waals surface area contributed by atoms with Crippen LogP contribution in [0.1, 0.15) is 53.0 Å². The van der Waals surface area contributed by atoms with Gasteiger partial charge in [0.15, 0.2) is 0 Å². The van der Waals surface area contributed by atoms with Crippen LogP contribution in [0.5, 0.6) is 0 Å². The van der Waals surface area contributed by atoms with Gasteiger partial charge in [-0.3, -0.25) is 0 Å². The maximum Gasteiger partial charge on any atom is 0.203 e. The Morgan fingerprint density at radius 3 is 2.86 bits per heavy atom. The van der Waals surface area contributed by atoms with Gasteiger partial charge in [0.05, 0.1) is 12.6 Å². The summed E-state index contributed by atoms with van der Waals surface area (Å²) in [5.74, 6) is 1.84. The first kappa shape index (κ1) is 14.9. The predicted octanol–water partition coefficient (Wildman–Crippen LogP) is 3.72. The molecule has 4 nitrogen and oxygen atoms in total. The van der Waals surface area contributed by atoms with Crippen LogP contribution in [-0.4, -0.2) is 29.3 Å². The fraction of sp³-hybridized carbons (Fsp3) is 0.824. The van der Waals surface area contributed by atoms with E-state index in [9.17, 15) is 0 Å². The average Bonchev–Trinajstić information content (AvgIpc) is 3.06.